The molecule has 0 aliphatic rings. The number of benzene rings is 1. The molecule has 1 unspecified atom stereocenters. The Morgan fingerprint density at radius 1 is 1.44 bits per heavy atom. The number of halogens is 2. The van der Waals surface area contributed by atoms with Gasteiger partial charge in [-0.25, -0.2) is 13.6 Å². The molecule has 0 heterocycles. The topological polar surface area (TPSA) is 58.6 Å². The van der Waals surface area contributed by atoms with Crippen molar-refractivity contribution in [2.24, 2.45) is 0 Å². The Labute approximate surface area is 104 Å². The van der Waals surface area contributed by atoms with Crippen molar-refractivity contribution in [1.29, 1.82) is 0 Å². The molecule has 0 spiro atoms. The minimum Gasteiger partial charge on any atom is -0.465 e. The van der Waals surface area contributed by atoms with E-state index in [-0.39, 0.29) is 13.1 Å². The van der Waals surface area contributed by atoms with Gasteiger partial charge in [-0.3, -0.25) is 0 Å². The molecule has 0 fully saturated rings. The summed E-state index contributed by atoms with van der Waals surface area (Å²) in [5.41, 5.74) is 1.00. The minimum atomic E-state index is -2.78. The van der Waals surface area contributed by atoms with E-state index in [4.69, 9.17) is 5.11 Å². The lowest BCUT2D eigenvalue weighted by molar-refractivity contribution is -0.00342. The van der Waals surface area contributed by atoms with Crippen LogP contribution in [0.4, 0.5) is 8.78 Å². The van der Waals surface area contributed by atoms with Gasteiger partial charge in [0.15, 0.2) is 0 Å². The van der Waals surface area contributed by atoms with Crippen LogP contribution in [0.5, 0.6) is 0 Å². The van der Waals surface area contributed by atoms with Gasteiger partial charge in [-0.05, 0) is 11.6 Å². The van der Waals surface area contributed by atoms with Crippen molar-refractivity contribution in [2.75, 3.05) is 13.7 Å². The van der Waals surface area contributed by atoms with Crippen molar-refractivity contribution in [3.63, 3.8) is 0 Å². The molecular weight excluding hydrogens is 244 g/mol. The SMILES string of the molecule is COC(=O)c1ccccc1CNCC(O)C(F)F. The Bertz CT molecular complexity index is 399. The number of rotatable bonds is 6. The molecule has 1 aromatic carbocycles. The van der Waals surface area contributed by atoms with Crippen molar-refractivity contribution in [3.8, 4) is 0 Å². The summed E-state index contributed by atoms with van der Waals surface area (Å²) in [5, 5.41) is 11.6. The summed E-state index contributed by atoms with van der Waals surface area (Å²) in [7, 11) is 1.27. The molecule has 0 aliphatic carbocycles. The van der Waals surface area contributed by atoms with Crippen LogP contribution in [0.2, 0.25) is 0 Å². The molecule has 18 heavy (non-hydrogen) atoms. The van der Waals surface area contributed by atoms with Crippen LogP contribution in [0.25, 0.3) is 0 Å². The lowest BCUT2D eigenvalue weighted by Gasteiger charge is -2.12. The molecule has 0 amide bonds. The van der Waals surface area contributed by atoms with E-state index in [1.165, 1.54) is 7.11 Å². The van der Waals surface area contributed by atoms with Crippen LogP contribution >= 0.6 is 0 Å². The number of esters is 1. The first-order chi connectivity index (χ1) is 8.56. The first kappa shape index (κ1) is 14.5. The van der Waals surface area contributed by atoms with E-state index in [2.05, 4.69) is 10.1 Å². The average Bonchev–Trinajstić information content (AvgIpc) is 2.38. The lowest BCUT2D eigenvalue weighted by atomic mass is 10.1. The maximum Gasteiger partial charge on any atom is 0.338 e. The summed E-state index contributed by atoms with van der Waals surface area (Å²) in [6.45, 7) is -0.0395. The number of carbonyl (C=O) groups excluding carboxylic acids is 1. The molecule has 0 saturated heterocycles. The highest BCUT2D eigenvalue weighted by atomic mass is 19.3. The van der Waals surface area contributed by atoms with Crippen LogP contribution in [0.3, 0.4) is 0 Å². The Morgan fingerprint density at radius 2 is 2.11 bits per heavy atom. The predicted octanol–water partition coefficient (Wildman–Crippen LogP) is 1.19. The second kappa shape index (κ2) is 7.03. The van der Waals surface area contributed by atoms with Crippen LogP contribution in [0.1, 0.15) is 15.9 Å². The Morgan fingerprint density at radius 3 is 2.72 bits per heavy atom. The molecule has 1 rings (SSSR count). The Kier molecular flexibility index (Phi) is 5.67. The quantitative estimate of drug-likeness (QED) is 0.753. The van der Waals surface area contributed by atoms with Crippen molar-refractivity contribution in [3.05, 3.63) is 35.4 Å². The standard InChI is InChI=1S/C12H15F2NO3/c1-18-12(17)9-5-3-2-4-8(9)6-15-7-10(16)11(13)14/h2-5,10-11,15-16H,6-7H2,1H3. The fourth-order valence-electron chi connectivity index (χ4n) is 1.43. The second-order valence-corrected chi connectivity index (χ2v) is 3.68. The number of aliphatic hydroxyl groups is 1. The fraction of sp³-hybridized carbons (Fsp3) is 0.417. The summed E-state index contributed by atoms with van der Waals surface area (Å²) >= 11 is 0. The second-order valence-electron chi connectivity index (χ2n) is 3.68. The largest absolute Gasteiger partial charge is 0.465 e. The van der Waals surface area contributed by atoms with E-state index in [9.17, 15) is 13.6 Å². The molecule has 0 saturated carbocycles. The van der Waals surface area contributed by atoms with Crippen LogP contribution in [0, 0.1) is 0 Å². The van der Waals surface area contributed by atoms with Gasteiger partial charge in [-0.2, -0.15) is 0 Å². The summed E-state index contributed by atoms with van der Waals surface area (Å²) in [4.78, 5) is 11.4. The number of ether oxygens (including phenoxy) is 1. The molecule has 0 radical (unpaired) electrons. The van der Waals surface area contributed by atoms with Gasteiger partial charge in [-0.1, -0.05) is 18.2 Å². The third-order valence-corrected chi connectivity index (χ3v) is 2.38. The molecule has 1 aromatic rings. The molecule has 0 aromatic heterocycles. The number of nitrogens with one attached hydrogen (secondary N) is 1. The number of hydrogen-bond donors (Lipinski definition) is 2. The summed E-state index contributed by atoms with van der Waals surface area (Å²) < 4.78 is 28.7. The molecule has 0 aliphatic heterocycles. The monoisotopic (exact) mass is 259 g/mol. The number of carbonyl (C=O) groups is 1. The summed E-state index contributed by atoms with van der Waals surface area (Å²) in [5.74, 6) is -0.484. The zero-order valence-corrected chi connectivity index (χ0v) is 9.90. The van der Waals surface area contributed by atoms with Gasteiger partial charge in [0.25, 0.3) is 6.43 Å². The first-order valence-electron chi connectivity index (χ1n) is 5.39. The zero-order valence-electron chi connectivity index (χ0n) is 9.90. The van der Waals surface area contributed by atoms with E-state index < -0.39 is 18.5 Å². The third-order valence-electron chi connectivity index (χ3n) is 2.38. The lowest BCUT2D eigenvalue weighted by Crippen LogP contribution is -2.32. The number of hydrogen-bond acceptors (Lipinski definition) is 4. The van der Waals surface area contributed by atoms with Crippen molar-refractivity contribution in [2.45, 2.75) is 19.1 Å². The van der Waals surface area contributed by atoms with Crippen LogP contribution in [-0.2, 0) is 11.3 Å². The molecule has 0 bridgehead atoms. The molecule has 4 nitrogen and oxygen atoms in total. The smallest absolute Gasteiger partial charge is 0.338 e. The van der Waals surface area contributed by atoms with E-state index in [0.29, 0.717) is 11.1 Å². The predicted molar refractivity (Wildman–Crippen MR) is 61.5 cm³/mol. The van der Waals surface area contributed by atoms with Crippen LogP contribution < -0.4 is 5.32 Å². The Hall–Kier alpha value is -1.53. The number of alkyl halides is 2. The maximum absolute atomic E-state index is 12.1. The highest BCUT2D eigenvalue weighted by molar-refractivity contribution is 5.90. The average molecular weight is 259 g/mol. The number of aliphatic hydroxyl groups excluding tert-OH is 1. The van der Waals surface area contributed by atoms with Gasteiger partial charge < -0.3 is 15.2 Å². The summed E-state index contributed by atoms with van der Waals surface area (Å²) in [6, 6.07) is 6.69. The van der Waals surface area contributed by atoms with Crippen molar-refractivity contribution >= 4 is 5.97 Å². The van der Waals surface area contributed by atoms with E-state index in [0.717, 1.165) is 0 Å². The van der Waals surface area contributed by atoms with Gasteiger partial charge in [0.2, 0.25) is 0 Å². The highest BCUT2D eigenvalue weighted by Gasteiger charge is 2.16. The molecular formula is C12H15F2NO3. The molecule has 6 heteroatoms. The van der Waals surface area contributed by atoms with Gasteiger partial charge in [0.1, 0.15) is 6.10 Å². The maximum atomic E-state index is 12.1. The molecule has 100 valence electrons. The summed E-state index contributed by atoms with van der Waals surface area (Å²) in [6.07, 6.45) is -4.50. The van der Waals surface area contributed by atoms with Gasteiger partial charge >= 0.3 is 5.97 Å². The Balaban J connectivity index is 2.59. The third kappa shape index (κ3) is 4.05. The van der Waals surface area contributed by atoms with Gasteiger partial charge in [0.05, 0.1) is 12.7 Å². The van der Waals surface area contributed by atoms with Gasteiger partial charge in [0, 0.05) is 13.1 Å². The van der Waals surface area contributed by atoms with E-state index in [1.54, 1.807) is 24.3 Å². The highest BCUT2D eigenvalue weighted by Crippen LogP contribution is 2.10. The fourth-order valence-corrected chi connectivity index (χ4v) is 1.43. The normalized spacial score (nSPS) is 12.5. The van der Waals surface area contributed by atoms with Crippen LogP contribution in [0.15, 0.2) is 24.3 Å². The molecule has 2 N–H and O–H groups in total. The minimum absolute atomic E-state index is 0.203. The van der Waals surface area contributed by atoms with Crippen LogP contribution in [-0.4, -0.2) is 37.3 Å². The van der Waals surface area contributed by atoms with Gasteiger partial charge in [-0.15, -0.1) is 0 Å². The van der Waals surface area contributed by atoms with Crippen molar-refractivity contribution < 1.29 is 23.4 Å². The first-order valence-corrected chi connectivity index (χ1v) is 5.39. The molecule has 1 atom stereocenters. The number of methoxy groups -OCH3 is 1. The van der Waals surface area contributed by atoms with E-state index >= 15 is 0 Å². The van der Waals surface area contributed by atoms with Crippen molar-refractivity contribution in [1.82, 2.24) is 5.32 Å². The zero-order chi connectivity index (χ0) is 13.5. The van der Waals surface area contributed by atoms with E-state index in [1.807, 2.05) is 0 Å².